The molecule has 0 atom stereocenters. The first-order valence-electron chi connectivity index (χ1n) is 5.57. The third-order valence-corrected chi connectivity index (χ3v) is 2.48. The number of nitrogens with zero attached hydrogens (tertiary/aromatic N) is 1. The lowest BCUT2D eigenvalue weighted by molar-refractivity contribution is -0.466. The van der Waals surface area contributed by atoms with Crippen molar-refractivity contribution in [3.05, 3.63) is 35.9 Å². The Labute approximate surface area is 95.5 Å². The van der Waals surface area contributed by atoms with E-state index in [1.165, 1.54) is 0 Å². The monoisotopic (exact) mass is 217 g/mol. The Morgan fingerprint density at radius 2 is 2.19 bits per heavy atom. The Hall–Kier alpha value is -1.84. The van der Waals surface area contributed by atoms with E-state index in [0.29, 0.717) is 0 Å². The van der Waals surface area contributed by atoms with Crippen molar-refractivity contribution in [3.8, 4) is 0 Å². The van der Waals surface area contributed by atoms with Gasteiger partial charge in [-0.25, -0.2) is 0 Å². The Bertz CT molecular complexity index is 395. The van der Waals surface area contributed by atoms with E-state index in [2.05, 4.69) is 20.8 Å². The minimum Gasteiger partial charge on any atom is -0.276 e. The summed E-state index contributed by atoms with van der Waals surface area (Å²) in [7, 11) is 0. The smallest absolute Gasteiger partial charge is 0.276 e. The summed E-state index contributed by atoms with van der Waals surface area (Å²) in [6, 6.07) is 10.1. The highest BCUT2D eigenvalue weighted by Crippen LogP contribution is 1.99. The third kappa shape index (κ3) is 2.82. The van der Waals surface area contributed by atoms with Crippen molar-refractivity contribution >= 4 is 11.7 Å². The Morgan fingerprint density at radius 3 is 2.88 bits per heavy atom. The van der Waals surface area contributed by atoms with Crippen LogP contribution < -0.4 is 15.7 Å². The fourth-order valence-electron chi connectivity index (χ4n) is 1.54. The summed E-state index contributed by atoms with van der Waals surface area (Å²) in [5, 5.41) is 7.54. The Balaban J connectivity index is 1.99. The Kier molecular flexibility index (Phi) is 3.53. The van der Waals surface area contributed by atoms with Gasteiger partial charge in [-0.05, 0) is 12.5 Å². The van der Waals surface area contributed by atoms with Gasteiger partial charge in [-0.15, -0.1) is 5.10 Å². The predicted molar refractivity (Wildman–Crippen MR) is 65.2 cm³/mol. The molecule has 0 unspecified atom stereocenters. The molecular weight excluding hydrogens is 200 g/mol. The molecule has 4 nitrogen and oxygen atoms in total. The van der Waals surface area contributed by atoms with E-state index < -0.39 is 0 Å². The van der Waals surface area contributed by atoms with E-state index in [-0.39, 0.29) is 0 Å². The van der Waals surface area contributed by atoms with Crippen molar-refractivity contribution < 1.29 is 4.99 Å². The van der Waals surface area contributed by atoms with Crippen molar-refractivity contribution in [1.29, 1.82) is 0 Å². The molecule has 4 heteroatoms. The van der Waals surface area contributed by atoms with Gasteiger partial charge in [0, 0.05) is 6.42 Å². The molecular formula is C12H17N4+. The normalized spacial score (nSPS) is 16.3. The van der Waals surface area contributed by atoms with E-state index >= 15 is 0 Å². The number of hydrazone groups is 1. The maximum Gasteiger partial charge on any atom is 0.367 e. The van der Waals surface area contributed by atoms with E-state index in [0.717, 1.165) is 36.7 Å². The van der Waals surface area contributed by atoms with Crippen LogP contribution in [-0.4, -0.2) is 24.8 Å². The number of hydrogen-bond donors (Lipinski definition) is 3. The molecule has 0 saturated heterocycles. The molecule has 0 fully saturated rings. The molecule has 0 radical (unpaired) electrons. The van der Waals surface area contributed by atoms with Crippen molar-refractivity contribution in [1.82, 2.24) is 10.7 Å². The van der Waals surface area contributed by atoms with Gasteiger partial charge in [0.2, 0.25) is 0 Å². The number of hydrogen-bond acceptors (Lipinski definition) is 3. The van der Waals surface area contributed by atoms with Gasteiger partial charge in [-0.2, -0.15) is 5.43 Å². The molecule has 84 valence electrons. The van der Waals surface area contributed by atoms with Crippen molar-refractivity contribution in [2.24, 2.45) is 5.10 Å². The molecule has 1 heterocycles. The molecule has 1 aromatic carbocycles. The van der Waals surface area contributed by atoms with Crippen LogP contribution in [0.1, 0.15) is 18.9 Å². The van der Waals surface area contributed by atoms with Crippen LogP contribution in [-0.2, 0) is 0 Å². The molecule has 0 aromatic heterocycles. The summed E-state index contributed by atoms with van der Waals surface area (Å²) >= 11 is 0. The van der Waals surface area contributed by atoms with Crippen LogP contribution in [0.3, 0.4) is 0 Å². The van der Waals surface area contributed by atoms with Crippen molar-refractivity contribution in [2.45, 2.75) is 13.3 Å². The minimum atomic E-state index is 0.890. The van der Waals surface area contributed by atoms with Crippen molar-refractivity contribution in [2.75, 3.05) is 13.1 Å². The van der Waals surface area contributed by atoms with Crippen LogP contribution in [0.4, 0.5) is 0 Å². The zero-order valence-electron chi connectivity index (χ0n) is 9.46. The molecule has 1 aromatic rings. The van der Waals surface area contributed by atoms with Crippen LogP contribution in [0.15, 0.2) is 35.4 Å². The highest BCUT2D eigenvalue weighted by molar-refractivity contribution is 5.99. The molecule has 0 aliphatic carbocycles. The van der Waals surface area contributed by atoms with Gasteiger partial charge < -0.3 is 0 Å². The summed E-state index contributed by atoms with van der Waals surface area (Å²) in [4.78, 5) is 3.21. The molecule has 0 amide bonds. The second kappa shape index (κ2) is 5.30. The number of guanidine groups is 1. The largest absolute Gasteiger partial charge is 0.367 e. The lowest BCUT2D eigenvalue weighted by Gasteiger charge is -2.07. The van der Waals surface area contributed by atoms with E-state index in [4.69, 9.17) is 0 Å². The van der Waals surface area contributed by atoms with Crippen LogP contribution in [0.25, 0.3) is 0 Å². The lowest BCUT2D eigenvalue weighted by atomic mass is 10.1. The van der Waals surface area contributed by atoms with Gasteiger partial charge in [0.25, 0.3) is 0 Å². The van der Waals surface area contributed by atoms with E-state index in [9.17, 15) is 0 Å². The first-order valence-corrected chi connectivity index (χ1v) is 5.57. The quantitative estimate of drug-likeness (QED) is 0.459. The molecule has 0 saturated carbocycles. The standard InChI is InChI=1S/C12H16N4/c1-10(11-6-3-2-4-7-11)15-16-12-13-8-5-9-14-12/h2-4,6-7H,5,8-9H2,1H3,(H2,13,14,16)/p+1/b15-10+. The molecule has 2 rings (SSSR count). The number of rotatable bonds is 2. The van der Waals surface area contributed by atoms with Gasteiger partial charge in [-0.1, -0.05) is 30.3 Å². The van der Waals surface area contributed by atoms with Gasteiger partial charge >= 0.3 is 5.96 Å². The summed E-state index contributed by atoms with van der Waals surface area (Å²) < 4.78 is 0. The SMILES string of the molecule is C/C(=N\NC1=[NH+]CCCN1)c1ccccc1. The average Bonchev–Trinajstić information content (AvgIpc) is 2.38. The maximum absolute atomic E-state index is 4.32. The van der Waals surface area contributed by atoms with Gasteiger partial charge in [0.05, 0.1) is 18.8 Å². The second-order valence-corrected chi connectivity index (χ2v) is 3.76. The van der Waals surface area contributed by atoms with Crippen LogP contribution in [0.2, 0.25) is 0 Å². The van der Waals surface area contributed by atoms with E-state index in [1.54, 1.807) is 0 Å². The third-order valence-electron chi connectivity index (χ3n) is 2.48. The summed E-state index contributed by atoms with van der Waals surface area (Å²) in [5.74, 6) is 0.890. The zero-order chi connectivity index (χ0) is 11.2. The van der Waals surface area contributed by atoms with Crippen LogP contribution >= 0.6 is 0 Å². The average molecular weight is 217 g/mol. The topological polar surface area (TPSA) is 50.4 Å². The summed E-state index contributed by atoms with van der Waals surface area (Å²) in [6.45, 7) is 3.98. The summed E-state index contributed by atoms with van der Waals surface area (Å²) in [5.41, 5.74) is 5.11. The van der Waals surface area contributed by atoms with Gasteiger partial charge in [0.15, 0.2) is 0 Å². The molecule has 0 bridgehead atoms. The molecule has 0 spiro atoms. The molecule has 1 aliphatic rings. The Morgan fingerprint density at radius 1 is 1.38 bits per heavy atom. The molecule has 3 N–H and O–H groups in total. The number of benzene rings is 1. The molecule has 16 heavy (non-hydrogen) atoms. The summed E-state index contributed by atoms with van der Waals surface area (Å²) in [6.07, 6.45) is 1.15. The fraction of sp³-hybridized carbons (Fsp3) is 0.333. The minimum absolute atomic E-state index is 0.890. The first-order chi connectivity index (χ1) is 7.86. The molecule has 1 aliphatic heterocycles. The van der Waals surface area contributed by atoms with Gasteiger partial charge in [-0.3, -0.25) is 10.3 Å². The fourth-order valence-corrected chi connectivity index (χ4v) is 1.54. The predicted octanol–water partition coefficient (Wildman–Crippen LogP) is -0.570. The maximum atomic E-state index is 4.32. The number of nitrogens with one attached hydrogen (secondary N) is 3. The van der Waals surface area contributed by atoms with Crippen molar-refractivity contribution in [3.63, 3.8) is 0 Å². The van der Waals surface area contributed by atoms with E-state index in [1.807, 2.05) is 37.3 Å². The van der Waals surface area contributed by atoms with Crippen LogP contribution in [0.5, 0.6) is 0 Å². The lowest BCUT2D eigenvalue weighted by Crippen LogP contribution is -2.81. The highest BCUT2D eigenvalue weighted by atomic mass is 15.4. The first kappa shape index (κ1) is 10.7. The van der Waals surface area contributed by atoms with Gasteiger partial charge in [0.1, 0.15) is 0 Å². The van der Waals surface area contributed by atoms with Crippen LogP contribution in [0, 0.1) is 0 Å². The zero-order valence-corrected chi connectivity index (χ0v) is 9.46. The second-order valence-electron chi connectivity index (χ2n) is 3.76. The highest BCUT2D eigenvalue weighted by Gasteiger charge is 2.08.